The standard InChI is InChI=1S/C16H11F3O4S/c1-23-12-8-9(4-5-11(12)20)7-10(15(22)16(17,18)19)14(21)13-3-2-6-24-13/h2-8,20H,1H3/b10-7+. The zero-order valence-corrected chi connectivity index (χ0v) is 13.1. The molecule has 0 radical (unpaired) electrons. The van der Waals surface area contributed by atoms with Crippen molar-refractivity contribution in [3.05, 3.63) is 51.7 Å². The second kappa shape index (κ2) is 6.88. The van der Waals surface area contributed by atoms with Crippen LogP contribution in [-0.2, 0) is 4.79 Å². The van der Waals surface area contributed by atoms with Crippen molar-refractivity contribution in [1.82, 2.24) is 0 Å². The van der Waals surface area contributed by atoms with Crippen molar-refractivity contribution >= 4 is 29.0 Å². The van der Waals surface area contributed by atoms with Crippen LogP contribution < -0.4 is 4.74 Å². The van der Waals surface area contributed by atoms with E-state index in [9.17, 15) is 27.9 Å². The number of benzene rings is 1. The second-order valence-electron chi connectivity index (χ2n) is 4.62. The van der Waals surface area contributed by atoms with Crippen molar-refractivity contribution in [1.29, 1.82) is 0 Å². The lowest BCUT2D eigenvalue weighted by atomic mass is 10.0. The van der Waals surface area contributed by atoms with Gasteiger partial charge in [-0.05, 0) is 35.2 Å². The van der Waals surface area contributed by atoms with Gasteiger partial charge in [-0.3, -0.25) is 9.59 Å². The van der Waals surface area contributed by atoms with Gasteiger partial charge in [0.1, 0.15) is 0 Å². The van der Waals surface area contributed by atoms with Gasteiger partial charge in [0.05, 0.1) is 17.6 Å². The van der Waals surface area contributed by atoms with Crippen LogP contribution in [0.2, 0.25) is 0 Å². The molecule has 1 aromatic heterocycles. The van der Waals surface area contributed by atoms with Crippen LogP contribution in [0, 0.1) is 0 Å². The Hall–Kier alpha value is -2.61. The molecular weight excluding hydrogens is 345 g/mol. The molecule has 1 heterocycles. The van der Waals surface area contributed by atoms with Crippen LogP contribution in [0.5, 0.6) is 11.5 Å². The minimum atomic E-state index is -5.18. The molecule has 1 aromatic carbocycles. The summed E-state index contributed by atoms with van der Waals surface area (Å²) in [7, 11) is 1.27. The Balaban J connectivity index is 2.53. The van der Waals surface area contributed by atoms with E-state index in [2.05, 4.69) is 0 Å². The average Bonchev–Trinajstić information content (AvgIpc) is 3.06. The van der Waals surface area contributed by atoms with E-state index in [4.69, 9.17) is 4.74 Å². The molecule has 0 spiro atoms. The molecule has 0 fully saturated rings. The van der Waals surface area contributed by atoms with Crippen LogP contribution in [0.25, 0.3) is 6.08 Å². The van der Waals surface area contributed by atoms with Crippen LogP contribution in [-0.4, -0.2) is 30.0 Å². The van der Waals surface area contributed by atoms with E-state index in [0.717, 1.165) is 17.4 Å². The maximum atomic E-state index is 12.8. The first-order valence-electron chi connectivity index (χ1n) is 6.52. The fourth-order valence-electron chi connectivity index (χ4n) is 1.88. The van der Waals surface area contributed by atoms with Gasteiger partial charge < -0.3 is 9.84 Å². The van der Waals surface area contributed by atoms with E-state index in [1.54, 1.807) is 0 Å². The number of allylic oxidation sites excluding steroid dienone is 1. The highest BCUT2D eigenvalue weighted by molar-refractivity contribution is 7.12. The molecule has 0 aliphatic carbocycles. The summed E-state index contributed by atoms with van der Waals surface area (Å²) in [6.45, 7) is 0. The Kier molecular flexibility index (Phi) is 5.08. The Morgan fingerprint density at radius 1 is 1.25 bits per heavy atom. The number of thiophene rings is 1. The van der Waals surface area contributed by atoms with Gasteiger partial charge in [-0.1, -0.05) is 12.1 Å². The van der Waals surface area contributed by atoms with Gasteiger partial charge in [0.2, 0.25) is 5.78 Å². The molecular formula is C16H11F3O4S. The third kappa shape index (κ3) is 3.83. The number of phenolic OH excluding ortho intramolecular Hbond substituents is 1. The minimum absolute atomic E-state index is 0.00568. The Labute approximate surface area is 138 Å². The summed E-state index contributed by atoms with van der Waals surface area (Å²) in [5, 5.41) is 11.0. The zero-order chi connectivity index (χ0) is 17.9. The molecule has 2 rings (SSSR count). The number of ketones is 2. The van der Waals surface area contributed by atoms with Gasteiger partial charge in [0, 0.05) is 0 Å². The number of methoxy groups -OCH3 is 1. The van der Waals surface area contributed by atoms with E-state index in [1.165, 1.54) is 42.8 Å². The summed E-state index contributed by atoms with van der Waals surface area (Å²) in [5.41, 5.74) is -0.889. The summed E-state index contributed by atoms with van der Waals surface area (Å²) in [4.78, 5) is 23.9. The number of halogens is 3. The Morgan fingerprint density at radius 2 is 1.96 bits per heavy atom. The molecule has 0 amide bonds. The number of phenols is 1. The topological polar surface area (TPSA) is 63.6 Å². The van der Waals surface area contributed by atoms with Gasteiger partial charge in [-0.15, -0.1) is 11.3 Å². The molecule has 4 nitrogen and oxygen atoms in total. The number of Topliss-reactive ketones (excluding diaryl/α,β-unsaturated/α-hetero) is 2. The number of carbonyl (C=O) groups is 2. The van der Waals surface area contributed by atoms with Gasteiger partial charge in [0.15, 0.2) is 11.5 Å². The third-order valence-electron chi connectivity index (χ3n) is 3.01. The molecule has 0 atom stereocenters. The maximum Gasteiger partial charge on any atom is 0.455 e. The predicted molar refractivity (Wildman–Crippen MR) is 82.3 cm³/mol. The number of rotatable bonds is 5. The van der Waals surface area contributed by atoms with Crippen LogP contribution in [0.3, 0.4) is 0 Å². The third-order valence-corrected chi connectivity index (χ3v) is 3.88. The van der Waals surface area contributed by atoms with E-state index in [0.29, 0.717) is 0 Å². The van der Waals surface area contributed by atoms with E-state index in [-0.39, 0.29) is 21.9 Å². The number of hydrogen-bond donors (Lipinski definition) is 1. The summed E-state index contributed by atoms with van der Waals surface area (Å²) in [6.07, 6.45) is -4.35. The average molecular weight is 356 g/mol. The molecule has 0 bridgehead atoms. The number of aromatic hydroxyl groups is 1. The highest BCUT2D eigenvalue weighted by atomic mass is 32.1. The first kappa shape index (κ1) is 17.7. The molecule has 0 aliphatic heterocycles. The van der Waals surface area contributed by atoms with Gasteiger partial charge in [0.25, 0.3) is 5.78 Å². The Bertz CT molecular complexity index is 792. The van der Waals surface area contributed by atoms with Crippen LogP contribution in [0.4, 0.5) is 13.2 Å². The molecule has 0 saturated carbocycles. The predicted octanol–water partition coefficient (Wildman–Crippen LogP) is 3.86. The Morgan fingerprint density at radius 3 is 2.50 bits per heavy atom. The molecule has 126 valence electrons. The van der Waals surface area contributed by atoms with E-state index in [1.807, 2.05) is 0 Å². The fourth-order valence-corrected chi connectivity index (χ4v) is 2.56. The van der Waals surface area contributed by atoms with Gasteiger partial charge in [-0.25, -0.2) is 0 Å². The van der Waals surface area contributed by atoms with E-state index >= 15 is 0 Å². The van der Waals surface area contributed by atoms with Gasteiger partial charge >= 0.3 is 6.18 Å². The van der Waals surface area contributed by atoms with Crippen molar-refractivity contribution in [2.45, 2.75) is 6.18 Å². The molecule has 24 heavy (non-hydrogen) atoms. The second-order valence-corrected chi connectivity index (χ2v) is 5.57. The summed E-state index contributed by atoms with van der Waals surface area (Å²) in [5.74, 6) is -3.46. The summed E-state index contributed by atoms with van der Waals surface area (Å²) >= 11 is 0.933. The molecule has 0 saturated heterocycles. The minimum Gasteiger partial charge on any atom is -0.504 e. The lowest BCUT2D eigenvalue weighted by Gasteiger charge is -2.09. The van der Waals surface area contributed by atoms with Gasteiger partial charge in [-0.2, -0.15) is 13.2 Å². The maximum absolute atomic E-state index is 12.8. The lowest BCUT2D eigenvalue weighted by molar-refractivity contribution is -0.166. The number of hydrogen-bond acceptors (Lipinski definition) is 5. The molecule has 1 N–H and O–H groups in total. The number of ether oxygens (including phenoxy) is 1. The highest BCUT2D eigenvalue weighted by Crippen LogP contribution is 2.30. The lowest BCUT2D eigenvalue weighted by Crippen LogP contribution is -2.28. The normalized spacial score (nSPS) is 12.1. The molecule has 8 heteroatoms. The van der Waals surface area contributed by atoms with Crippen LogP contribution in [0.1, 0.15) is 15.2 Å². The molecule has 0 unspecified atom stereocenters. The summed E-state index contributed by atoms with van der Waals surface area (Å²) in [6, 6.07) is 6.51. The zero-order valence-electron chi connectivity index (χ0n) is 12.3. The van der Waals surface area contributed by atoms with Crippen molar-refractivity contribution in [2.75, 3.05) is 7.11 Å². The van der Waals surface area contributed by atoms with Crippen molar-refractivity contribution in [3.63, 3.8) is 0 Å². The van der Waals surface area contributed by atoms with Crippen molar-refractivity contribution in [2.24, 2.45) is 0 Å². The van der Waals surface area contributed by atoms with E-state index < -0.39 is 23.3 Å². The van der Waals surface area contributed by atoms with Crippen LogP contribution >= 0.6 is 11.3 Å². The monoisotopic (exact) mass is 356 g/mol. The summed E-state index contributed by atoms with van der Waals surface area (Å²) < 4.78 is 43.3. The quantitative estimate of drug-likeness (QED) is 0.382. The highest BCUT2D eigenvalue weighted by Gasteiger charge is 2.43. The molecule has 2 aromatic rings. The first-order chi connectivity index (χ1) is 11.2. The van der Waals surface area contributed by atoms with Crippen molar-refractivity contribution < 1.29 is 32.6 Å². The fraction of sp³-hybridized carbons (Fsp3) is 0.125. The van der Waals surface area contributed by atoms with Crippen LogP contribution in [0.15, 0.2) is 41.3 Å². The largest absolute Gasteiger partial charge is 0.504 e. The smallest absolute Gasteiger partial charge is 0.455 e. The SMILES string of the molecule is COc1cc(/C=C(\C(=O)c2cccs2)C(=O)C(F)(F)F)ccc1O. The first-order valence-corrected chi connectivity index (χ1v) is 7.40. The number of carbonyl (C=O) groups excluding carboxylic acids is 2. The number of alkyl halides is 3. The van der Waals surface area contributed by atoms with Crippen molar-refractivity contribution in [3.8, 4) is 11.5 Å². The molecule has 0 aliphatic rings.